The Bertz CT molecular complexity index is 378. The molecule has 0 radical (unpaired) electrons. The van der Waals surface area contributed by atoms with Crippen LogP contribution in [-0.2, 0) is 4.74 Å². The SMILES string of the molecule is CC(CCNC1CCC2CCCCC2C1)NC(=O)OC(C)(C)C. The zero-order valence-electron chi connectivity index (χ0n) is 15.5. The maximum absolute atomic E-state index is 11.7. The van der Waals surface area contributed by atoms with E-state index in [2.05, 4.69) is 10.6 Å². The smallest absolute Gasteiger partial charge is 0.407 e. The standard InChI is InChI=1S/C19H36N2O2/c1-14(21-18(22)23-19(2,3)4)11-12-20-17-10-9-15-7-5-6-8-16(15)13-17/h14-17,20H,5-13H2,1-4H3,(H,21,22). The number of fused-ring (bicyclic) bond motifs is 1. The first-order chi connectivity index (χ1) is 10.8. The molecule has 2 saturated carbocycles. The third-order valence-corrected chi connectivity index (χ3v) is 5.31. The minimum absolute atomic E-state index is 0.142. The Kier molecular flexibility index (Phi) is 6.75. The molecule has 0 aromatic rings. The second-order valence-corrected chi connectivity index (χ2v) is 8.60. The van der Waals surface area contributed by atoms with Crippen molar-refractivity contribution in [3.05, 3.63) is 0 Å². The maximum Gasteiger partial charge on any atom is 0.407 e. The van der Waals surface area contributed by atoms with Crippen LogP contribution in [-0.4, -0.2) is 30.3 Å². The van der Waals surface area contributed by atoms with Crippen molar-refractivity contribution >= 4 is 6.09 Å². The van der Waals surface area contributed by atoms with Gasteiger partial charge in [-0.05, 0) is 71.8 Å². The summed E-state index contributed by atoms with van der Waals surface area (Å²) in [5.41, 5.74) is -0.430. The van der Waals surface area contributed by atoms with Gasteiger partial charge in [0.2, 0.25) is 0 Å². The van der Waals surface area contributed by atoms with E-state index < -0.39 is 5.60 Å². The number of carbonyl (C=O) groups excluding carboxylic acids is 1. The lowest BCUT2D eigenvalue weighted by Gasteiger charge is -2.39. The molecule has 0 bridgehead atoms. The molecule has 2 aliphatic carbocycles. The van der Waals surface area contributed by atoms with Gasteiger partial charge in [-0.3, -0.25) is 0 Å². The van der Waals surface area contributed by atoms with Crippen molar-refractivity contribution in [2.75, 3.05) is 6.54 Å². The van der Waals surface area contributed by atoms with Gasteiger partial charge < -0.3 is 15.4 Å². The van der Waals surface area contributed by atoms with E-state index in [0.717, 1.165) is 24.8 Å². The van der Waals surface area contributed by atoms with Gasteiger partial charge in [-0.1, -0.05) is 25.7 Å². The van der Waals surface area contributed by atoms with Gasteiger partial charge >= 0.3 is 6.09 Å². The van der Waals surface area contributed by atoms with E-state index in [9.17, 15) is 4.79 Å². The minimum atomic E-state index is -0.430. The molecule has 2 N–H and O–H groups in total. The molecule has 4 heteroatoms. The minimum Gasteiger partial charge on any atom is -0.444 e. The van der Waals surface area contributed by atoms with Crippen LogP contribution in [0.2, 0.25) is 0 Å². The highest BCUT2D eigenvalue weighted by atomic mass is 16.6. The summed E-state index contributed by atoms with van der Waals surface area (Å²) in [4.78, 5) is 11.7. The molecule has 0 aromatic carbocycles. The van der Waals surface area contributed by atoms with Crippen LogP contribution in [0, 0.1) is 11.8 Å². The predicted octanol–water partition coefficient (Wildman–Crippen LogP) is 4.24. The average molecular weight is 325 g/mol. The molecule has 2 fully saturated rings. The Morgan fingerprint density at radius 1 is 1.13 bits per heavy atom. The van der Waals surface area contributed by atoms with Gasteiger partial charge in [-0.2, -0.15) is 0 Å². The normalized spacial score (nSPS) is 29.5. The number of rotatable bonds is 5. The number of amides is 1. The molecule has 23 heavy (non-hydrogen) atoms. The molecule has 4 nitrogen and oxygen atoms in total. The second-order valence-electron chi connectivity index (χ2n) is 8.60. The van der Waals surface area contributed by atoms with Crippen molar-refractivity contribution in [1.29, 1.82) is 0 Å². The van der Waals surface area contributed by atoms with E-state index in [-0.39, 0.29) is 12.1 Å². The van der Waals surface area contributed by atoms with Crippen LogP contribution < -0.4 is 10.6 Å². The number of hydrogen-bond donors (Lipinski definition) is 2. The Balaban J connectivity index is 1.60. The number of carbonyl (C=O) groups is 1. The van der Waals surface area contributed by atoms with Crippen molar-refractivity contribution in [1.82, 2.24) is 10.6 Å². The predicted molar refractivity (Wildman–Crippen MR) is 94.5 cm³/mol. The van der Waals surface area contributed by atoms with Gasteiger partial charge in [0.25, 0.3) is 0 Å². The summed E-state index contributed by atoms with van der Waals surface area (Å²) in [5.74, 6) is 1.97. The highest BCUT2D eigenvalue weighted by molar-refractivity contribution is 5.67. The van der Waals surface area contributed by atoms with E-state index in [1.165, 1.54) is 44.9 Å². The van der Waals surface area contributed by atoms with Gasteiger partial charge in [0, 0.05) is 12.1 Å². The molecular weight excluding hydrogens is 288 g/mol. The van der Waals surface area contributed by atoms with Gasteiger partial charge in [-0.25, -0.2) is 4.79 Å². The van der Waals surface area contributed by atoms with Gasteiger partial charge in [-0.15, -0.1) is 0 Å². The van der Waals surface area contributed by atoms with E-state index in [0.29, 0.717) is 6.04 Å². The molecular formula is C19H36N2O2. The summed E-state index contributed by atoms with van der Waals surface area (Å²) in [6, 6.07) is 0.825. The molecule has 4 unspecified atom stereocenters. The van der Waals surface area contributed by atoms with Crippen molar-refractivity contribution in [2.45, 2.75) is 96.7 Å². The summed E-state index contributed by atoms with van der Waals surface area (Å²) >= 11 is 0. The fourth-order valence-electron chi connectivity index (χ4n) is 4.14. The Morgan fingerprint density at radius 2 is 1.83 bits per heavy atom. The molecule has 0 aliphatic heterocycles. The highest BCUT2D eigenvalue weighted by Crippen LogP contribution is 2.40. The average Bonchev–Trinajstić information content (AvgIpc) is 2.45. The van der Waals surface area contributed by atoms with Crippen molar-refractivity contribution in [2.24, 2.45) is 11.8 Å². The summed E-state index contributed by atoms with van der Waals surface area (Å²) in [6.07, 6.45) is 10.5. The van der Waals surface area contributed by atoms with E-state index in [1.54, 1.807) is 0 Å². The Hall–Kier alpha value is -0.770. The molecule has 0 saturated heterocycles. The van der Waals surface area contributed by atoms with Crippen molar-refractivity contribution in [3.63, 3.8) is 0 Å². The van der Waals surface area contributed by atoms with E-state index in [4.69, 9.17) is 4.74 Å². The molecule has 1 amide bonds. The topological polar surface area (TPSA) is 50.4 Å². The summed E-state index contributed by atoms with van der Waals surface area (Å²) in [5, 5.41) is 6.63. The maximum atomic E-state index is 11.7. The monoisotopic (exact) mass is 324 g/mol. The van der Waals surface area contributed by atoms with E-state index >= 15 is 0 Å². The van der Waals surface area contributed by atoms with Gasteiger partial charge in [0.05, 0.1) is 0 Å². The summed E-state index contributed by atoms with van der Waals surface area (Å²) in [7, 11) is 0. The van der Waals surface area contributed by atoms with Crippen LogP contribution in [0.25, 0.3) is 0 Å². The van der Waals surface area contributed by atoms with Crippen LogP contribution in [0.3, 0.4) is 0 Å². The Morgan fingerprint density at radius 3 is 2.52 bits per heavy atom. The van der Waals surface area contributed by atoms with Crippen LogP contribution in [0.5, 0.6) is 0 Å². The molecule has 2 aliphatic rings. The molecule has 134 valence electrons. The number of alkyl carbamates (subject to hydrolysis) is 1. The summed E-state index contributed by atoms with van der Waals surface area (Å²) in [6.45, 7) is 8.68. The van der Waals surface area contributed by atoms with Crippen LogP contribution in [0.4, 0.5) is 4.79 Å². The van der Waals surface area contributed by atoms with Crippen LogP contribution in [0.15, 0.2) is 0 Å². The molecule has 0 heterocycles. The van der Waals surface area contributed by atoms with Gasteiger partial charge in [0.1, 0.15) is 5.60 Å². The first-order valence-electron chi connectivity index (χ1n) is 9.56. The van der Waals surface area contributed by atoms with Crippen LogP contribution >= 0.6 is 0 Å². The fourth-order valence-corrected chi connectivity index (χ4v) is 4.14. The first kappa shape index (κ1) is 18.6. The molecule has 0 aromatic heterocycles. The number of nitrogens with one attached hydrogen (secondary N) is 2. The van der Waals surface area contributed by atoms with Crippen molar-refractivity contribution < 1.29 is 9.53 Å². The van der Waals surface area contributed by atoms with Crippen LogP contribution in [0.1, 0.15) is 79.1 Å². The zero-order chi connectivity index (χ0) is 16.9. The third kappa shape index (κ3) is 6.70. The second kappa shape index (κ2) is 8.36. The first-order valence-corrected chi connectivity index (χ1v) is 9.56. The molecule has 2 rings (SSSR count). The number of ether oxygens (including phenoxy) is 1. The fraction of sp³-hybridized carbons (Fsp3) is 0.947. The lowest BCUT2D eigenvalue weighted by atomic mass is 9.69. The zero-order valence-corrected chi connectivity index (χ0v) is 15.5. The Labute approximate surface area is 142 Å². The lowest BCUT2D eigenvalue weighted by Crippen LogP contribution is -2.42. The number of hydrogen-bond acceptors (Lipinski definition) is 3. The van der Waals surface area contributed by atoms with Crippen molar-refractivity contribution in [3.8, 4) is 0 Å². The quantitative estimate of drug-likeness (QED) is 0.795. The molecule has 0 spiro atoms. The third-order valence-electron chi connectivity index (χ3n) is 5.31. The van der Waals surface area contributed by atoms with Gasteiger partial charge in [0.15, 0.2) is 0 Å². The highest BCUT2D eigenvalue weighted by Gasteiger charge is 2.31. The summed E-state index contributed by atoms with van der Waals surface area (Å²) < 4.78 is 5.29. The lowest BCUT2D eigenvalue weighted by molar-refractivity contribution is 0.0506. The molecule has 4 atom stereocenters. The largest absolute Gasteiger partial charge is 0.444 e. The van der Waals surface area contributed by atoms with E-state index in [1.807, 2.05) is 27.7 Å².